The van der Waals surface area contributed by atoms with Crippen LogP contribution in [0.3, 0.4) is 0 Å². The van der Waals surface area contributed by atoms with Crippen molar-refractivity contribution in [1.29, 1.82) is 0 Å². The van der Waals surface area contributed by atoms with E-state index < -0.39 is 5.97 Å². The minimum Gasteiger partial charge on any atom is -0.478 e. The topological polar surface area (TPSA) is 42.2 Å². The molecular weight excluding hydrogens is 246 g/mol. The molecule has 3 nitrogen and oxygen atoms in total. The molecule has 1 rings (SSSR count). The summed E-state index contributed by atoms with van der Waals surface area (Å²) in [7, 11) is 0. The van der Waals surface area contributed by atoms with Crippen molar-refractivity contribution in [1.82, 2.24) is 4.57 Å². The summed E-state index contributed by atoms with van der Waals surface area (Å²) >= 11 is 3.30. The second-order valence-corrected chi connectivity index (χ2v) is 3.90. The van der Waals surface area contributed by atoms with Crippen LogP contribution in [-0.2, 0) is 6.54 Å². The smallest absolute Gasteiger partial charge is 0.337 e. The van der Waals surface area contributed by atoms with Crippen LogP contribution in [0.5, 0.6) is 0 Å². The summed E-state index contributed by atoms with van der Waals surface area (Å²) in [5.74, 6) is -0.911. The Kier molecular flexibility index (Phi) is 3.52. The molecule has 0 saturated carbocycles. The molecule has 0 saturated heterocycles. The van der Waals surface area contributed by atoms with Crippen molar-refractivity contribution in [2.24, 2.45) is 0 Å². The predicted octanol–water partition coefficient (Wildman–Crippen LogP) is 2.92. The standard InChI is InChI=1S/C10H12BrNO2/c1-3-7(2)5-12-6-8(10(13)14)4-9(12)11/h4,6H,2-3,5H2,1H3,(H,13,14). The highest BCUT2D eigenvalue weighted by atomic mass is 79.9. The van der Waals surface area contributed by atoms with E-state index in [9.17, 15) is 4.79 Å². The van der Waals surface area contributed by atoms with E-state index >= 15 is 0 Å². The number of aromatic nitrogens is 1. The number of hydrogen-bond acceptors (Lipinski definition) is 1. The molecule has 0 atom stereocenters. The summed E-state index contributed by atoms with van der Waals surface area (Å²) in [4.78, 5) is 10.7. The van der Waals surface area contributed by atoms with Gasteiger partial charge in [-0.2, -0.15) is 0 Å². The largest absolute Gasteiger partial charge is 0.478 e. The van der Waals surface area contributed by atoms with Gasteiger partial charge in [-0.1, -0.05) is 19.1 Å². The predicted molar refractivity (Wildman–Crippen MR) is 58.5 cm³/mol. The van der Waals surface area contributed by atoms with Crippen LogP contribution < -0.4 is 0 Å². The van der Waals surface area contributed by atoms with Crippen molar-refractivity contribution in [2.45, 2.75) is 19.9 Å². The summed E-state index contributed by atoms with van der Waals surface area (Å²) in [6, 6.07) is 1.59. The van der Waals surface area contributed by atoms with Gasteiger partial charge in [0.2, 0.25) is 0 Å². The lowest BCUT2D eigenvalue weighted by molar-refractivity contribution is 0.0697. The lowest BCUT2D eigenvalue weighted by Gasteiger charge is -2.05. The third kappa shape index (κ3) is 2.48. The van der Waals surface area contributed by atoms with Crippen molar-refractivity contribution in [3.05, 3.63) is 34.6 Å². The number of halogens is 1. The summed E-state index contributed by atoms with van der Waals surface area (Å²) in [6.07, 6.45) is 2.50. The molecular formula is C10H12BrNO2. The zero-order valence-electron chi connectivity index (χ0n) is 7.96. The number of carbonyl (C=O) groups is 1. The van der Waals surface area contributed by atoms with Crippen LogP contribution in [-0.4, -0.2) is 15.6 Å². The molecule has 1 N–H and O–H groups in total. The van der Waals surface area contributed by atoms with E-state index in [1.165, 1.54) is 0 Å². The zero-order valence-corrected chi connectivity index (χ0v) is 9.54. The first-order valence-corrected chi connectivity index (χ1v) is 5.09. The van der Waals surface area contributed by atoms with Crippen LogP contribution in [0.25, 0.3) is 0 Å². The third-order valence-electron chi connectivity index (χ3n) is 1.98. The number of carboxylic acid groups (broad SMARTS) is 1. The van der Waals surface area contributed by atoms with Crippen molar-refractivity contribution < 1.29 is 9.90 Å². The molecule has 0 unspecified atom stereocenters. The van der Waals surface area contributed by atoms with Crippen LogP contribution >= 0.6 is 15.9 Å². The SMILES string of the molecule is C=C(CC)Cn1cc(C(=O)O)cc1Br. The van der Waals surface area contributed by atoms with Gasteiger partial charge in [-0.05, 0) is 28.4 Å². The highest BCUT2D eigenvalue weighted by molar-refractivity contribution is 9.10. The highest BCUT2D eigenvalue weighted by Crippen LogP contribution is 2.17. The lowest BCUT2D eigenvalue weighted by Crippen LogP contribution is -1.99. The first-order valence-electron chi connectivity index (χ1n) is 4.30. The van der Waals surface area contributed by atoms with E-state index in [2.05, 4.69) is 22.5 Å². The number of hydrogen-bond donors (Lipinski definition) is 1. The van der Waals surface area contributed by atoms with Gasteiger partial charge in [0.1, 0.15) is 0 Å². The number of carboxylic acids is 1. The average molecular weight is 258 g/mol. The summed E-state index contributed by atoms with van der Waals surface area (Å²) in [6.45, 7) is 6.56. The normalized spacial score (nSPS) is 10.1. The minimum atomic E-state index is -0.911. The maximum Gasteiger partial charge on any atom is 0.337 e. The van der Waals surface area contributed by atoms with E-state index in [1.807, 2.05) is 11.5 Å². The molecule has 0 radical (unpaired) electrons. The Balaban J connectivity index is 2.88. The molecule has 76 valence electrons. The van der Waals surface area contributed by atoms with Gasteiger partial charge in [-0.25, -0.2) is 4.79 Å². The fourth-order valence-corrected chi connectivity index (χ4v) is 1.54. The van der Waals surface area contributed by atoms with Crippen LogP contribution in [0.15, 0.2) is 29.0 Å². The fraction of sp³-hybridized carbons (Fsp3) is 0.300. The molecule has 0 fully saturated rings. The zero-order chi connectivity index (χ0) is 10.7. The summed E-state index contributed by atoms with van der Waals surface area (Å²) in [5.41, 5.74) is 1.36. The Morgan fingerprint density at radius 1 is 1.71 bits per heavy atom. The Bertz CT molecular complexity index is 368. The van der Waals surface area contributed by atoms with Crippen LogP contribution in [0.4, 0.5) is 0 Å². The van der Waals surface area contributed by atoms with E-state index in [4.69, 9.17) is 5.11 Å². The van der Waals surface area contributed by atoms with Gasteiger partial charge in [0.05, 0.1) is 10.2 Å². The van der Waals surface area contributed by atoms with E-state index in [-0.39, 0.29) is 0 Å². The molecule has 0 aliphatic carbocycles. The third-order valence-corrected chi connectivity index (χ3v) is 2.67. The van der Waals surface area contributed by atoms with Gasteiger partial charge in [-0.15, -0.1) is 0 Å². The van der Waals surface area contributed by atoms with E-state index in [0.717, 1.165) is 16.6 Å². The molecule has 0 aromatic carbocycles. The first kappa shape index (κ1) is 11.0. The summed E-state index contributed by atoms with van der Waals surface area (Å²) < 4.78 is 2.60. The second-order valence-electron chi connectivity index (χ2n) is 3.09. The van der Waals surface area contributed by atoms with Gasteiger partial charge in [0.15, 0.2) is 0 Å². The lowest BCUT2D eigenvalue weighted by atomic mass is 10.2. The van der Waals surface area contributed by atoms with Crippen molar-refractivity contribution in [2.75, 3.05) is 0 Å². The minimum absolute atomic E-state index is 0.292. The quantitative estimate of drug-likeness (QED) is 0.843. The molecule has 0 aliphatic heterocycles. The Labute approximate surface area is 91.2 Å². The molecule has 0 aliphatic rings. The van der Waals surface area contributed by atoms with Crippen LogP contribution in [0.2, 0.25) is 0 Å². The van der Waals surface area contributed by atoms with Crippen LogP contribution in [0, 0.1) is 0 Å². The fourth-order valence-electron chi connectivity index (χ4n) is 1.07. The van der Waals surface area contributed by atoms with Gasteiger partial charge in [-0.3, -0.25) is 0 Å². The van der Waals surface area contributed by atoms with Gasteiger partial charge in [0.25, 0.3) is 0 Å². The maximum absolute atomic E-state index is 10.7. The van der Waals surface area contributed by atoms with Crippen molar-refractivity contribution in [3.63, 3.8) is 0 Å². The average Bonchev–Trinajstić information content (AvgIpc) is 2.48. The van der Waals surface area contributed by atoms with E-state index in [0.29, 0.717) is 12.1 Å². The molecule has 14 heavy (non-hydrogen) atoms. The van der Waals surface area contributed by atoms with E-state index in [1.54, 1.807) is 12.3 Å². The molecule has 0 bridgehead atoms. The van der Waals surface area contributed by atoms with Gasteiger partial charge >= 0.3 is 5.97 Å². The van der Waals surface area contributed by atoms with Crippen molar-refractivity contribution in [3.8, 4) is 0 Å². The number of aromatic carboxylic acids is 1. The molecule has 1 heterocycles. The molecule has 0 spiro atoms. The maximum atomic E-state index is 10.7. The van der Waals surface area contributed by atoms with Crippen LogP contribution in [0.1, 0.15) is 23.7 Å². The first-order chi connectivity index (χ1) is 6.54. The Morgan fingerprint density at radius 2 is 2.36 bits per heavy atom. The second kappa shape index (κ2) is 4.46. The number of rotatable bonds is 4. The Hall–Kier alpha value is -1.03. The van der Waals surface area contributed by atoms with Gasteiger partial charge < -0.3 is 9.67 Å². The molecule has 1 aromatic heterocycles. The molecule has 4 heteroatoms. The number of nitrogens with zero attached hydrogens (tertiary/aromatic N) is 1. The highest BCUT2D eigenvalue weighted by Gasteiger charge is 2.09. The molecule has 0 amide bonds. The summed E-state index contributed by atoms with van der Waals surface area (Å²) in [5, 5.41) is 8.76. The Morgan fingerprint density at radius 3 is 2.79 bits per heavy atom. The van der Waals surface area contributed by atoms with Crippen molar-refractivity contribution >= 4 is 21.9 Å². The number of allylic oxidation sites excluding steroid dienone is 1. The monoisotopic (exact) mass is 257 g/mol. The van der Waals surface area contributed by atoms with Gasteiger partial charge in [0, 0.05) is 12.7 Å². The molecule has 1 aromatic rings.